The van der Waals surface area contributed by atoms with Gasteiger partial charge < -0.3 is 11.1 Å². The first kappa shape index (κ1) is 11.7. The maximum Gasteiger partial charge on any atom is 0.242 e. The lowest BCUT2D eigenvalue weighted by Gasteiger charge is -2.10. The summed E-state index contributed by atoms with van der Waals surface area (Å²) in [5, 5.41) is 2.69. The number of aryl methyl sites for hydroxylation is 1. The van der Waals surface area contributed by atoms with E-state index < -0.39 is 6.04 Å². The largest absolute Gasteiger partial charge is 0.320 e. The second kappa shape index (κ2) is 5.46. The van der Waals surface area contributed by atoms with Crippen LogP contribution < -0.4 is 11.1 Å². The Morgan fingerprint density at radius 1 is 1.60 bits per heavy atom. The third-order valence-corrected chi connectivity index (χ3v) is 2.08. The van der Waals surface area contributed by atoms with Gasteiger partial charge in [-0.15, -0.1) is 0 Å². The molecule has 0 spiro atoms. The molecule has 0 saturated carbocycles. The Balaban J connectivity index is 2.58. The molecule has 1 amide bonds. The van der Waals surface area contributed by atoms with E-state index in [0.717, 1.165) is 12.1 Å². The number of carbonyl (C=O) groups excluding carboxylic acids is 1. The smallest absolute Gasteiger partial charge is 0.242 e. The highest BCUT2D eigenvalue weighted by atomic mass is 16.2. The van der Waals surface area contributed by atoms with Gasteiger partial charge in [0.15, 0.2) is 0 Å². The van der Waals surface area contributed by atoms with Gasteiger partial charge >= 0.3 is 0 Å². The van der Waals surface area contributed by atoms with Crippen molar-refractivity contribution in [2.24, 2.45) is 5.73 Å². The van der Waals surface area contributed by atoms with Crippen LogP contribution in [0.25, 0.3) is 0 Å². The number of nitrogens with one attached hydrogen (secondary N) is 1. The summed E-state index contributed by atoms with van der Waals surface area (Å²) in [5.74, 6) is 0.390. The highest BCUT2D eigenvalue weighted by Crippen LogP contribution is 2.05. The summed E-state index contributed by atoms with van der Waals surface area (Å²) in [6.07, 6.45) is 1.59. The van der Waals surface area contributed by atoms with E-state index >= 15 is 0 Å². The first-order valence-corrected chi connectivity index (χ1v) is 5.13. The molecule has 0 aliphatic heterocycles. The molecule has 4 heteroatoms. The summed E-state index contributed by atoms with van der Waals surface area (Å²) in [4.78, 5) is 15.7. The van der Waals surface area contributed by atoms with E-state index in [-0.39, 0.29) is 5.91 Å². The van der Waals surface area contributed by atoms with E-state index in [1.807, 2.05) is 26.0 Å². The lowest BCUT2D eigenvalue weighted by molar-refractivity contribution is -0.117. The third-order valence-electron chi connectivity index (χ3n) is 2.08. The average molecular weight is 207 g/mol. The number of anilines is 1. The molecule has 0 fully saturated rings. The molecule has 1 heterocycles. The summed E-state index contributed by atoms with van der Waals surface area (Å²) in [5.41, 5.74) is 6.55. The molecule has 3 N–H and O–H groups in total. The number of amides is 1. The van der Waals surface area contributed by atoms with Gasteiger partial charge in [0, 0.05) is 5.69 Å². The summed E-state index contributed by atoms with van der Waals surface area (Å²) >= 11 is 0. The Hall–Kier alpha value is -1.42. The van der Waals surface area contributed by atoms with Crippen LogP contribution in [0.4, 0.5) is 5.82 Å². The standard InChI is InChI=1S/C11H17N3O/c1-3-5-9(12)11(15)14-10-7-4-6-8(2)13-10/h4,6-7,9H,3,5,12H2,1-2H3,(H,13,14,15)/t9-/m1/s1. The number of hydrogen-bond donors (Lipinski definition) is 2. The number of rotatable bonds is 4. The fourth-order valence-corrected chi connectivity index (χ4v) is 1.27. The van der Waals surface area contributed by atoms with Crippen molar-refractivity contribution in [3.05, 3.63) is 23.9 Å². The Kier molecular flexibility index (Phi) is 4.24. The van der Waals surface area contributed by atoms with Crippen molar-refractivity contribution in [3.8, 4) is 0 Å². The molecule has 0 saturated heterocycles. The van der Waals surface area contributed by atoms with Gasteiger partial charge in [-0.2, -0.15) is 0 Å². The van der Waals surface area contributed by atoms with Crippen molar-refractivity contribution < 1.29 is 4.79 Å². The lowest BCUT2D eigenvalue weighted by Crippen LogP contribution is -2.35. The highest BCUT2D eigenvalue weighted by molar-refractivity contribution is 5.93. The van der Waals surface area contributed by atoms with Crippen LogP contribution >= 0.6 is 0 Å². The molecule has 0 aliphatic carbocycles. The Labute approximate surface area is 89.9 Å². The van der Waals surface area contributed by atoms with E-state index in [2.05, 4.69) is 10.3 Å². The maximum atomic E-state index is 11.5. The average Bonchev–Trinajstić information content (AvgIpc) is 2.18. The zero-order valence-corrected chi connectivity index (χ0v) is 9.16. The summed E-state index contributed by atoms with van der Waals surface area (Å²) in [6.45, 7) is 3.87. The minimum absolute atomic E-state index is 0.171. The van der Waals surface area contributed by atoms with Crippen molar-refractivity contribution in [1.29, 1.82) is 0 Å². The molecule has 82 valence electrons. The number of hydrogen-bond acceptors (Lipinski definition) is 3. The molecule has 4 nitrogen and oxygen atoms in total. The first-order valence-electron chi connectivity index (χ1n) is 5.13. The highest BCUT2D eigenvalue weighted by Gasteiger charge is 2.12. The number of pyridine rings is 1. The molecule has 1 aromatic heterocycles. The van der Waals surface area contributed by atoms with Crippen LogP contribution in [0.2, 0.25) is 0 Å². The van der Waals surface area contributed by atoms with E-state index in [0.29, 0.717) is 12.2 Å². The predicted octanol–water partition coefficient (Wildman–Crippen LogP) is 1.46. The molecule has 1 atom stereocenters. The number of nitrogens with two attached hydrogens (primary N) is 1. The number of carbonyl (C=O) groups is 1. The van der Waals surface area contributed by atoms with Crippen LogP contribution in [0.15, 0.2) is 18.2 Å². The quantitative estimate of drug-likeness (QED) is 0.785. The molecule has 0 radical (unpaired) electrons. The van der Waals surface area contributed by atoms with Crippen molar-refractivity contribution in [1.82, 2.24) is 4.98 Å². The number of nitrogens with zero attached hydrogens (tertiary/aromatic N) is 1. The lowest BCUT2D eigenvalue weighted by atomic mass is 10.2. The van der Waals surface area contributed by atoms with Crippen molar-refractivity contribution >= 4 is 11.7 Å². The van der Waals surface area contributed by atoms with E-state index in [1.165, 1.54) is 0 Å². The molecule has 1 aromatic rings. The van der Waals surface area contributed by atoms with Crippen molar-refractivity contribution in [3.63, 3.8) is 0 Å². The minimum atomic E-state index is -0.447. The van der Waals surface area contributed by atoms with Crippen molar-refractivity contribution in [2.45, 2.75) is 32.7 Å². The molecule has 1 rings (SSSR count). The predicted molar refractivity (Wildman–Crippen MR) is 60.5 cm³/mol. The molecule has 15 heavy (non-hydrogen) atoms. The van der Waals surface area contributed by atoms with E-state index in [9.17, 15) is 4.79 Å². The van der Waals surface area contributed by atoms with Gasteiger partial charge in [-0.3, -0.25) is 4.79 Å². The Morgan fingerprint density at radius 3 is 2.93 bits per heavy atom. The fraction of sp³-hybridized carbons (Fsp3) is 0.455. The zero-order chi connectivity index (χ0) is 11.3. The van der Waals surface area contributed by atoms with Crippen LogP contribution in [0.1, 0.15) is 25.5 Å². The monoisotopic (exact) mass is 207 g/mol. The SMILES string of the molecule is CCC[C@@H](N)C(=O)Nc1cccc(C)n1. The van der Waals surface area contributed by atoms with Gasteiger partial charge in [0.05, 0.1) is 6.04 Å². The van der Waals surface area contributed by atoms with Gasteiger partial charge in [0.1, 0.15) is 5.82 Å². The zero-order valence-electron chi connectivity index (χ0n) is 9.16. The third kappa shape index (κ3) is 3.67. The molecule has 0 aliphatic rings. The molecule has 0 bridgehead atoms. The Morgan fingerprint density at radius 2 is 2.33 bits per heavy atom. The number of aromatic nitrogens is 1. The summed E-state index contributed by atoms with van der Waals surface area (Å²) in [6, 6.07) is 5.03. The second-order valence-corrected chi connectivity index (χ2v) is 3.55. The Bertz CT molecular complexity index is 338. The van der Waals surface area contributed by atoms with Crippen LogP contribution in [0, 0.1) is 6.92 Å². The summed E-state index contributed by atoms with van der Waals surface area (Å²) < 4.78 is 0. The van der Waals surface area contributed by atoms with Gasteiger partial charge in [-0.25, -0.2) is 4.98 Å². The van der Waals surface area contributed by atoms with E-state index in [4.69, 9.17) is 5.73 Å². The molecular formula is C11H17N3O. The van der Waals surface area contributed by atoms with Crippen LogP contribution in [-0.2, 0) is 4.79 Å². The van der Waals surface area contributed by atoms with Gasteiger partial charge in [0.25, 0.3) is 0 Å². The molecule has 0 unspecified atom stereocenters. The first-order chi connectivity index (χ1) is 7.13. The van der Waals surface area contributed by atoms with E-state index in [1.54, 1.807) is 6.07 Å². The second-order valence-electron chi connectivity index (χ2n) is 3.55. The van der Waals surface area contributed by atoms with Crippen LogP contribution in [0.3, 0.4) is 0 Å². The normalized spacial score (nSPS) is 12.2. The summed E-state index contributed by atoms with van der Waals surface area (Å²) in [7, 11) is 0. The van der Waals surface area contributed by atoms with Crippen LogP contribution in [-0.4, -0.2) is 16.9 Å². The molecular weight excluding hydrogens is 190 g/mol. The van der Waals surface area contributed by atoms with Gasteiger partial charge in [-0.1, -0.05) is 19.4 Å². The van der Waals surface area contributed by atoms with Crippen molar-refractivity contribution in [2.75, 3.05) is 5.32 Å². The van der Waals surface area contributed by atoms with Gasteiger partial charge in [0.2, 0.25) is 5.91 Å². The van der Waals surface area contributed by atoms with Gasteiger partial charge in [-0.05, 0) is 25.5 Å². The fourth-order valence-electron chi connectivity index (χ4n) is 1.27. The topological polar surface area (TPSA) is 68.0 Å². The van der Waals surface area contributed by atoms with Crippen LogP contribution in [0.5, 0.6) is 0 Å². The molecule has 0 aromatic carbocycles. The maximum absolute atomic E-state index is 11.5. The minimum Gasteiger partial charge on any atom is -0.320 e.